The number of carbonyl (C=O) groups is 1. The standard InChI is InChI=1S/C17H23IN6O2/c1-17(2,3)26-16(25)23-6-9-4-10(7-23)11(5-9)24-15-12(13(18)22-24)14(19)20-8-21-15/h8-11H,4-7H2,1-3H3,(H2,19,20,21)/t9-,10?,11?/m1/s1. The van der Waals surface area contributed by atoms with E-state index >= 15 is 0 Å². The molecule has 2 fully saturated rings. The third-order valence-corrected chi connectivity index (χ3v) is 5.88. The summed E-state index contributed by atoms with van der Waals surface area (Å²) in [6, 6.07) is 0.216. The van der Waals surface area contributed by atoms with E-state index in [1.807, 2.05) is 30.4 Å². The van der Waals surface area contributed by atoms with Crippen LogP contribution in [0.4, 0.5) is 10.6 Å². The van der Waals surface area contributed by atoms with Crippen molar-refractivity contribution in [3.63, 3.8) is 0 Å². The Bertz CT molecular complexity index is 861. The van der Waals surface area contributed by atoms with E-state index in [0.717, 1.165) is 34.1 Å². The maximum Gasteiger partial charge on any atom is 0.410 e. The first-order valence-corrected chi connectivity index (χ1v) is 9.93. The van der Waals surface area contributed by atoms with Crippen LogP contribution in [0.2, 0.25) is 0 Å². The molecule has 2 unspecified atom stereocenters. The predicted molar refractivity (Wildman–Crippen MR) is 106 cm³/mol. The van der Waals surface area contributed by atoms with Gasteiger partial charge in [-0.05, 0) is 68.0 Å². The van der Waals surface area contributed by atoms with Gasteiger partial charge in [-0.1, -0.05) is 0 Å². The minimum Gasteiger partial charge on any atom is -0.444 e. The van der Waals surface area contributed by atoms with Crippen LogP contribution in [0.3, 0.4) is 0 Å². The Morgan fingerprint density at radius 3 is 2.81 bits per heavy atom. The van der Waals surface area contributed by atoms with Crippen LogP contribution in [0.1, 0.15) is 39.7 Å². The zero-order chi connectivity index (χ0) is 18.6. The van der Waals surface area contributed by atoms with E-state index in [-0.39, 0.29) is 12.1 Å². The number of rotatable bonds is 1. The van der Waals surface area contributed by atoms with Gasteiger partial charge in [-0.15, -0.1) is 0 Å². The lowest BCUT2D eigenvalue weighted by atomic mass is 9.98. The van der Waals surface area contributed by atoms with Gasteiger partial charge >= 0.3 is 6.09 Å². The zero-order valence-corrected chi connectivity index (χ0v) is 17.3. The van der Waals surface area contributed by atoms with Crippen molar-refractivity contribution < 1.29 is 9.53 Å². The van der Waals surface area contributed by atoms with Crippen molar-refractivity contribution in [3.8, 4) is 0 Å². The van der Waals surface area contributed by atoms with E-state index in [2.05, 4.69) is 32.6 Å². The van der Waals surface area contributed by atoms with Crippen LogP contribution < -0.4 is 5.73 Å². The van der Waals surface area contributed by atoms with Crippen molar-refractivity contribution in [3.05, 3.63) is 10.0 Å². The summed E-state index contributed by atoms with van der Waals surface area (Å²) in [5.74, 6) is 1.26. The van der Waals surface area contributed by atoms with Crippen LogP contribution in [0, 0.1) is 15.5 Å². The van der Waals surface area contributed by atoms with Crippen molar-refractivity contribution in [2.24, 2.45) is 11.8 Å². The fourth-order valence-corrected chi connectivity index (χ4v) is 4.94. The molecular formula is C17H23IN6O2. The number of anilines is 1. The number of hydrogen-bond acceptors (Lipinski definition) is 6. The van der Waals surface area contributed by atoms with E-state index in [0.29, 0.717) is 24.2 Å². The fraction of sp³-hybridized carbons (Fsp3) is 0.647. The van der Waals surface area contributed by atoms with Crippen molar-refractivity contribution >= 4 is 45.5 Å². The molecule has 1 aliphatic heterocycles. The fourth-order valence-electron chi connectivity index (χ4n) is 4.19. The summed E-state index contributed by atoms with van der Waals surface area (Å²) in [6.45, 7) is 7.13. The number of carbonyl (C=O) groups excluding carboxylic acids is 1. The average molecular weight is 470 g/mol. The van der Waals surface area contributed by atoms with Gasteiger partial charge in [-0.2, -0.15) is 5.10 Å². The Morgan fingerprint density at radius 1 is 1.31 bits per heavy atom. The highest BCUT2D eigenvalue weighted by Crippen LogP contribution is 2.45. The van der Waals surface area contributed by atoms with Crippen LogP contribution in [0.15, 0.2) is 6.33 Å². The normalized spacial score (nSPS) is 25.7. The van der Waals surface area contributed by atoms with Gasteiger partial charge in [-0.25, -0.2) is 19.4 Å². The lowest BCUT2D eigenvalue weighted by Gasteiger charge is -2.34. The molecule has 0 spiro atoms. The van der Waals surface area contributed by atoms with Crippen LogP contribution in [-0.4, -0.2) is 49.4 Å². The minimum atomic E-state index is -0.476. The quantitative estimate of drug-likeness (QED) is 0.644. The molecule has 2 aliphatic rings. The monoisotopic (exact) mass is 470 g/mol. The van der Waals surface area contributed by atoms with Gasteiger partial charge in [0.05, 0.1) is 11.4 Å². The molecular weight excluding hydrogens is 447 g/mol. The number of halogens is 1. The minimum absolute atomic E-state index is 0.216. The number of ether oxygens (including phenoxy) is 1. The molecule has 0 aromatic carbocycles. The first-order valence-electron chi connectivity index (χ1n) is 8.85. The molecule has 0 radical (unpaired) electrons. The summed E-state index contributed by atoms with van der Waals surface area (Å²) in [6.07, 6.45) is 3.35. The average Bonchev–Trinajstić information content (AvgIpc) is 3.03. The summed E-state index contributed by atoms with van der Waals surface area (Å²) < 4.78 is 8.38. The molecule has 1 amide bonds. The van der Waals surface area contributed by atoms with Crippen molar-refractivity contribution in [2.75, 3.05) is 18.8 Å². The second-order valence-electron chi connectivity index (χ2n) is 8.24. The summed E-state index contributed by atoms with van der Waals surface area (Å²) >= 11 is 2.18. The lowest BCUT2D eigenvalue weighted by Crippen LogP contribution is -2.44. The summed E-state index contributed by atoms with van der Waals surface area (Å²) in [4.78, 5) is 22.8. The third-order valence-electron chi connectivity index (χ3n) is 5.13. The number of aromatic nitrogens is 4. The summed E-state index contributed by atoms with van der Waals surface area (Å²) in [7, 11) is 0. The SMILES string of the molecule is CC(C)(C)OC(=O)N1CC2C[C@H](CC2n2nc(I)c3c(N)ncnc32)C1. The Balaban J connectivity index is 1.60. The molecule has 26 heavy (non-hydrogen) atoms. The number of piperidine rings is 1. The molecule has 2 bridgehead atoms. The third kappa shape index (κ3) is 3.10. The van der Waals surface area contributed by atoms with Crippen molar-refractivity contribution in [1.82, 2.24) is 24.6 Å². The smallest absolute Gasteiger partial charge is 0.410 e. The van der Waals surface area contributed by atoms with Gasteiger partial charge in [0.25, 0.3) is 0 Å². The number of fused-ring (bicyclic) bond motifs is 3. The zero-order valence-electron chi connectivity index (χ0n) is 15.1. The van der Waals surface area contributed by atoms with Gasteiger partial charge in [0.15, 0.2) is 5.65 Å². The molecule has 9 heteroatoms. The van der Waals surface area contributed by atoms with Gasteiger partial charge in [0.2, 0.25) is 0 Å². The van der Waals surface area contributed by atoms with E-state index in [9.17, 15) is 4.79 Å². The first kappa shape index (κ1) is 17.7. The topological polar surface area (TPSA) is 99.2 Å². The molecule has 2 N–H and O–H groups in total. The predicted octanol–water partition coefficient (Wildman–Crippen LogP) is 2.83. The maximum absolute atomic E-state index is 12.5. The number of hydrogen-bond donors (Lipinski definition) is 1. The lowest BCUT2D eigenvalue weighted by molar-refractivity contribution is 0.0146. The van der Waals surface area contributed by atoms with Gasteiger partial charge in [0, 0.05) is 13.1 Å². The number of amides is 1. The van der Waals surface area contributed by atoms with Crippen molar-refractivity contribution in [2.45, 2.75) is 45.3 Å². The van der Waals surface area contributed by atoms with E-state index in [1.54, 1.807) is 0 Å². The van der Waals surface area contributed by atoms with E-state index in [1.165, 1.54) is 6.33 Å². The number of nitrogens with zero attached hydrogens (tertiary/aromatic N) is 5. The largest absolute Gasteiger partial charge is 0.444 e. The highest BCUT2D eigenvalue weighted by Gasteiger charge is 2.44. The number of likely N-dealkylation sites (tertiary alicyclic amines) is 1. The van der Waals surface area contributed by atoms with E-state index in [4.69, 9.17) is 15.6 Å². The Kier molecular flexibility index (Phi) is 4.24. The molecule has 140 valence electrons. The molecule has 2 aromatic rings. The Labute approximate surface area is 165 Å². The molecule has 1 aliphatic carbocycles. The Morgan fingerprint density at radius 2 is 2.08 bits per heavy atom. The molecule has 2 aromatic heterocycles. The number of nitrogens with two attached hydrogens (primary N) is 1. The van der Waals surface area contributed by atoms with Crippen LogP contribution in [0.5, 0.6) is 0 Å². The van der Waals surface area contributed by atoms with E-state index < -0.39 is 5.60 Å². The van der Waals surface area contributed by atoms with Crippen LogP contribution in [0.25, 0.3) is 11.0 Å². The second-order valence-corrected chi connectivity index (χ2v) is 9.26. The molecule has 1 saturated heterocycles. The van der Waals surface area contributed by atoms with Crippen LogP contribution in [-0.2, 0) is 4.74 Å². The van der Waals surface area contributed by atoms with Gasteiger partial charge in [-0.3, -0.25) is 0 Å². The van der Waals surface area contributed by atoms with Gasteiger partial charge < -0.3 is 15.4 Å². The van der Waals surface area contributed by atoms with Gasteiger partial charge in [0.1, 0.15) is 21.4 Å². The maximum atomic E-state index is 12.5. The molecule has 3 heterocycles. The molecule has 8 nitrogen and oxygen atoms in total. The highest BCUT2D eigenvalue weighted by molar-refractivity contribution is 14.1. The molecule has 3 atom stereocenters. The second kappa shape index (κ2) is 6.21. The van der Waals surface area contributed by atoms with Crippen molar-refractivity contribution in [1.29, 1.82) is 0 Å². The summed E-state index contributed by atoms with van der Waals surface area (Å²) in [5.41, 5.74) is 6.32. The van der Waals surface area contributed by atoms with Crippen LogP contribution >= 0.6 is 22.6 Å². The highest BCUT2D eigenvalue weighted by atomic mass is 127. The first-order chi connectivity index (χ1) is 12.2. The molecule has 1 saturated carbocycles. The Hall–Kier alpha value is -1.65. The number of nitrogen functional groups attached to an aromatic ring is 1. The molecule has 4 rings (SSSR count). The summed E-state index contributed by atoms with van der Waals surface area (Å²) in [5, 5.41) is 5.53.